The normalized spacial score (nSPS) is 22.7. The lowest BCUT2D eigenvalue weighted by Gasteiger charge is -2.24. The summed E-state index contributed by atoms with van der Waals surface area (Å²) in [7, 11) is 0. The van der Waals surface area contributed by atoms with Gasteiger partial charge in [0.05, 0.1) is 12.7 Å². The molecule has 18 heavy (non-hydrogen) atoms. The standard InChI is InChI=1S/C15H18O3/c1-12(16)18-15-9-5-8-14(10-15)17-11-13-6-3-2-4-7-13/h2-8,14-15H,9-11H2,1H3/t14-,15-/m1/s1. The number of rotatable bonds is 4. The first-order valence-electron chi connectivity index (χ1n) is 6.23. The third kappa shape index (κ3) is 4.00. The first kappa shape index (κ1) is 12.8. The van der Waals surface area contributed by atoms with Crippen molar-refractivity contribution in [2.75, 3.05) is 0 Å². The van der Waals surface area contributed by atoms with Crippen LogP contribution in [-0.4, -0.2) is 18.2 Å². The molecule has 0 N–H and O–H groups in total. The van der Waals surface area contributed by atoms with Crippen LogP contribution in [0.4, 0.5) is 0 Å². The van der Waals surface area contributed by atoms with E-state index in [4.69, 9.17) is 9.47 Å². The van der Waals surface area contributed by atoms with Crippen molar-refractivity contribution in [3.63, 3.8) is 0 Å². The molecule has 0 amide bonds. The Morgan fingerprint density at radius 3 is 2.83 bits per heavy atom. The molecular formula is C15H18O3. The fraction of sp³-hybridized carbons (Fsp3) is 0.400. The van der Waals surface area contributed by atoms with Crippen molar-refractivity contribution in [3.8, 4) is 0 Å². The van der Waals surface area contributed by atoms with Gasteiger partial charge in [-0.3, -0.25) is 4.79 Å². The van der Waals surface area contributed by atoms with Crippen molar-refractivity contribution in [1.29, 1.82) is 0 Å². The summed E-state index contributed by atoms with van der Waals surface area (Å²) in [5, 5.41) is 0. The molecule has 96 valence electrons. The van der Waals surface area contributed by atoms with Crippen LogP contribution in [-0.2, 0) is 20.9 Å². The Bertz CT molecular complexity index is 411. The summed E-state index contributed by atoms with van der Waals surface area (Å²) in [5.74, 6) is -0.225. The fourth-order valence-electron chi connectivity index (χ4n) is 2.05. The maximum absolute atomic E-state index is 10.9. The smallest absolute Gasteiger partial charge is 0.302 e. The number of hydrogen-bond acceptors (Lipinski definition) is 3. The molecule has 1 aliphatic carbocycles. The zero-order chi connectivity index (χ0) is 12.8. The van der Waals surface area contributed by atoms with Gasteiger partial charge in [-0.05, 0) is 5.56 Å². The van der Waals surface area contributed by atoms with Crippen LogP contribution < -0.4 is 0 Å². The molecule has 0 radical (unpaired) electrons. The molecule has 0 unspecified atom stereocenters. The molecular weight excluding hydrogens is 228 g/mol. The Morgan fingerprint density at radius 2 is 2.11 bits per heavy atom. The maximum Gasteiger partial charge on any atom is 0.302 e. The van der Waals surface area contributed by atoms with E-state index >= 15 is 0 Å². The Morgan fingerprint density at radius 1 is 1.33 bits per heavy atom. The van der Waals surface area contributed by atoms with Gasteiger partial charge in [0, 0.05) is 19.8 Å². The predicted octanol–water partition coefficient (Wildman–Crippen LogP) is 2.85. The van der Waals surface area contributed by atoms with Gasteiger partial charge in [-0.1, -0.05) is 42.5 Å². The first-order valence-corrected chi connectivity index (χ1v) is 6.23. The monoisotopic (exact) mass is 246 g/mol. The van der Waals surface area contributed by atoms with Gasteiger partial charge in [0.1, 0.15) is 6.10 Å². The molecule has 0 saturated carbocycles. The van der Waals surface area contributed by atoms with E-state index in [0.717, 1.165) is 18.4 Å². The van der Waals surface area contributed by atoms with Gasteiger partial charge < -0.3 is 9.47 Å². The second-order valence-corrected chi connectivity index (χ2v) is 4.47. The van der Waals surface area contributed by atoms with Crippen LogP contribution in [0, 0.1) is 0 Å². The summed E-state index contributed by atoms with van der Waals surface area (Å²) in [6, 6.07) is 10.1. The van der Waals surface area contributed by atoms with Crippen LogP contribution in [0.1, 0.15) is 25.3 Å². The number of benzene rings is 1. The van der Waals surface area contributed by atoms with E-state index < -0.39 is 0 Å². The van der Waals surface area contributed by atoms with E-state index in [-0.39, 0.29) is 18.2 Å². The highest BCUT2D eigenvalue weighted by molar-refractivity contribution is 5.66. The lowest BCUT2D eigenvalue weighted by atomic mass is 10.0. The molecule has 2 atom stereocenters. The van der Waals surface area contributed by atoms with Crippen LogP contribution in [0.15, 0.2) is 42.5 Å². The van der Waals surface area contributed by atoms with E-state index in [1.54, 1.807) is 0 Å². The first-order chi connectivity index (χ1) is 8.74. The summed E-state index contributed by atoms with van der Waals surface area (Å²) in [4.78, 5) is 10.9. The highest BCUT2D eigenvalue weighted by Gasteiger charge is 2.20. The Balaban J connectivity index is 1.81. The van der Waals surface area contributed by atoms with Crippen molar-refractivity contribution in [3.05, 3.63) is 48.0 Å². The second-order valence-electron chi connectivity index (χ2n) is 4.47. The van der Waals surface area contributed by atoms with Crippen molar-refractivity contribution >= 4 is 5.97 Å². The van der Waals surface area contributed by atoms with E-state index in [1.807, 2.05) is 42.5 Å². The van der Waals surface area contributed by atoms with E-state index in [2.05, 4.69) is 0 Å². The molecule has 0 aliphatic heterocycles. The molecule has 0 spiro atoms. The van der Waals surface area contributed by atoms with Crippen LogP contribution in [0.5, 0.6) is 0 Å². The van der Waals surface area contributed by atoms with Crippen molar-refractivity contribution in [1.82, 2.24) is 0 Å². The second kappa shape index (κ2) is 6.36. The molecule has 3 nitrogen and oxygen atoms in total. The number of carbonyl (C=O) groups excluding carboxylic acids is 1. The van der Waals surface area contributed by atoms with Gasteiger partial charge in [0.15, 0.2) is 0 Å². The minimum Gasteiger partial charge on any atom is -0.462 e. The molecule has 1 aliphatic rings. The van der Waals surface area contributed by atoms with Gasteiger partial charge in [-0.2, -0.15) is 0 Å². The summed E-state index contributed by atoms with van der Waals surface area (Å²) in [5.41, 5.74) is 1.15. The topological polar surface area (TPSA) is 35.5 Å². The average Bonchev–Trinajstić information content (AvgIpc) is 2.37. The van der Waals surface area contributed by atoms with Crippen LogP contribution in [0.2, 0.25) is 0 Å². The van der Waals surface area contributed by atoms with Crippen LogP contribution >= 0.6 is 0 Å². The Kier molecular flexibility index (Phi) is 4.53. The number of carbonyl (C=O) groups is 1. The quantitative estimate of drug-likeness (QED) is 0.605. The largest absolute Gasteiger partial charge is 0.462 e. The van der Waals surface area contributed by atoms with Gasteiger partial charge in [-0.25, -0.2) is 0 Å². The predicted molar refractivity (Wildman–Crippen MR) is 68.9 cm³/mol. The highest BCUT2D eigenvalue weighted by Crippen LogP contribution is 2.19. The molecule has 0 aromatic heterocycles. The molecule has 0 fully saturated rings. The molecule has 0 saturated heterocycles. The van der Waals surface area contributed by atoms with E-state index in [0.29, 0.717) is 6.61 Å². The SMILES string of the molecule is CC(=O)O[C@@H]1CC=C[C@@H](OCc2ccccc2)C1. The molecule has 0 bridgehead atoms. The minimum atomic E-state index is -0.225. The molecule has 1 aromatic carbocycles. The Hall–Kier alpha value is -1.61. The van der Waals surface area contributed by atoms with Gasteiger partial charge in [-0.15, -0.1) is 0 Å². The van der Waals surface area contributed by atoms with Crippen LogP contribution in [0.25, 0.3) is 0 Å². The number of ether oxygens (including phenoxy) is 2. The lowest BCUT2D eigenvalue weighted by Crippen LogP contribution is -2.26. The fourth-order valence-corrected chi connectivity index (χ4v) is 2.05. The zero-order valence-corrected chi connectivity index (χ0v) is 10.5. The lowest BCUT2D eigenvalue weighted by molar-refractivity contribution is -0.148. The third-order valence-corrected chi connectivity index (χ3v) is 2.88. The summed E-state index contributed by atoms with van der Waals surface area (Å²) >= 11 is 0. The molecule has 1 aromatic rings. The van der Waals surface area contributed by atoms with Crippen LogP contribution in [0.3, 0.4) is 0 Å². The van der Waals surface area contributed by atoms with Gasteiger partial charge in [0.25, 0.3) is 0 Å². The third-order valence-electron chi connectivity index (χ3n) is 2.88. The number of esters is 1. The van der Waals surface area contributed by atoms with E-state index in [1.165, 1.54) is 6.92 Å². The zero-order valence-electron chi connectivity index (χ0n) is 10.5. The van der Waals surface area contributed by atoms with Gasteiger partial charge in [0.2, 0.25) is 0 Å². The Labute approximate surface area is 107 Å². The maximum atomic E-state index is 10.9. The summed E-state index contributed by atoms with van der Waals surface area (Å²) in [6.45, 7) is 2.03. The van der Waals surface area contributed by atoms with Crippen molar-refractivity contribution < 1.29 is 14.3 Å². The molecule has 2 rings (SSSR count). The molecule has 3 heteroatoms. The summed E-state index contributed by atoms with van der Waals surface area (Å²) in [6.07, 6.45) is 5.57. The van der Waals surface area contributed by atoms with Gasteiger partial charge >= 0.3 is 5.97 Å². The average molecular weight is 246 g/mol. The summed E-state index contributed by atoms with van der Waals surface area (Å²) < 4.78 is 11.0. The van der Waals surface area contributed by atoms with Crippen molar-refractivity contribution in [2.45, 2.75) is 38.6 Å². The van der Waals surface area contributed by atoms with E-state index in [9.17, 15) is 4.79 Å². The molecule has 0 heterocycles. The van der Waals surface area contributed by atoms with Crippen molar-refractivity contribution in [2.24, 2.45) is 0 Å². The number of hydrogen-bond donors (Lipinski definition) is 0. The highest BCUT2D eigenvalue weighted by atomic mass is 16.5. The minimum absolute atomic E-state index is 0.0308.